The molecule has 0 aliphatic carbocycles. The number of anilines is 2. The first-order valence-corrected chi connectivity index (χ1v) is 13.1. The van der Waals surface area contributed by atoms with Crippen LogP contribution in [0.25, 0.3) is 5.69 Å². The molecule has 1 aromatic heterocycles. The Balaban J connectivity index is 1.31. The van der Waals surface area contributed by atoms with Gasteiger partial charge in [0.2, 0.25) is 6.79 Å². The highest BCUT2D eigenvalue weighted by molar-refractivity contribution is 5.95. The summed E-state index contributed by atoms with van der Waals surface area (Å²) in [6.07, 6.45) is 3.45. The third-order valence-corrected chi connectivity index (χ3v) is 6.70. The van der Waals surface area contributed by atoms with E-state index >= 15 is 0 Å². The Morgan fingerprint density at radius 3 is 2.75 bits per heavy atom. The molecule has 3 aromatic carbocycles. The maximum Gasteiger partial charge on any atom is 0.299 e. The highest BCUT2D eigenvalue weighted by atomic mass is 16.7. The molecule has 204 valence electrons. The number of nitrogens with zero attached hydrogens (tertiary/aromatic N) is 2. The number of carbonyl (C=O) groups excluding carboxylic acids is 1. The van der Waals surface area contributed by atoms with E-state index in [1.54, 1.807) is 42.5 Å². The summed E-state index contributed by atoms with van der Waals surface area (Å²) in [6.45, 7) is 3.29. The van der Waals surface area contributed by atoms with Crippen LogP contribution in [0.1, 0.15) is 28.8 Å². The van der Waals surface area contributed by atoms with Crippen molar-refractivity contribution in [2.45, 2.75) is 25.9 Å². The summed E-state index contributed by atoms with van der Waals surface area (Å²) in [4.78, 5) is 26.6. The van der Waals surface area contributed by atoms with Gasteiger partial charge in [0.15, 0.2) is 22.9 Å². The zero-order valence-electron chi connectivity index (χ0n) is 21.9. The lowest BCUT2D eigenvalue weighted by molar-refractivity contribution is 0.0858. The third kappa shape index (κ3) is 5.48. The molecule has 0 radical (unpaired) electrons. The van der Waals surface area contributed by atoms with Crippen molar-refractivity contribution in [3.05, 3.63) is 94.4 Å². The molecule has 0 unspecified atom stereocenters. The third-order valence-electron chi connectivity index (χ3n) is 6.70. The number of amides is 1. The van der Waals surface area contributed by atoms with Crippen LogP contribution < -0.4 is 30.4 Å². The first kappa shape index (κ1) is 25.4. The molecule has 0 saturated carbocycles. The van der Waals surface area contributed by atoms with Gasteiger partial charge in [0, 0.05) is 30.5 Å². The van der Waals surface area contributed by atoms with Crippen LogP contribution in [0.15, 0.2) is 77.7 Å². The van der Waals surface area contributed by atoms with Crippen LogP contribution in [0.3, 0.4) is 0 Å². The van der Waals surface area contributed by atoms with E-state index in [1.807, 2.05) is 31.2 Å². The normalized spacial score (nSPS) is 15.6. The second kappa shape index (κ2) is 11.1. The van der Waals surface area contributed by atoms with Crippen LogP contribution in [-0.2, 0) is 4.74 Å². The standard InChI is InChI=1S/C30H28N4O6/c1-19-7-9-22(10-8-19)34-30(36)28(27(17-32-34)40-23-11-12-25-26(15-23)39-18-38-25)33-21-5-2-4-20(14-21)29(35)31-16-24-6-3-13-37-24/h2,4-5,7-12,14-15,17,24,33H,3,6,13,16,18H2,1H3,(H,31,35)/t24-/m0/s1. The Hall–Kier alpha value is -4.83. The zero-order valence-corrected chi connectivity index (χ0v) is 21.9. The maximum atomic E-state index is 13.7. The van der Waals surface area contributed by atoms with Crippen molar-refractivity contribution >= 4 is 17.3 Å². The molecule has 2 aliphatic rings. The summed E-state index contributed by atoms with van der Waals surface area (Å²) in [6, 6.07) is 19.6. The van der Waals surface area contributed by atoms with Gasteiger partial charge in [-0.1, -0.05) is 23.8 Å². The van der Waals surface area contributed by atoms with Gasteiger partial charge in [-0.15, -0.1) is 0 Å². The summed E-state index contributed by atoms with van der Waals surface area (Å²) in [5.74, 6) is 1.61. The van der Waals surface area contributed by atoms with Gasteiger partial charge in [-0.2, -0.15) is 9.78 Å². The number of carbonyl (C=O) groups is 1. The van der Waals surface area contributed by atoms with Crippen molar-refractivity contribution in [2.75, 3.05) is 25.3 Å². The van der Waals surface area contributed by atoms with E-state index < -0.39 is 5.56 Å². The molecule has 2 N–H and O–H groups in total. The van der Waals surface area contributed by atoms with Crippen LogP contribution in [0, 0.1) is 6.92 Å². The van der Waals surface area contributed by atoms with E-state index in [1.165, 1.54) is 10.9 Å². The molecule has 10 heteroatoms. The van der Waals surface area contributed by atoms with E-state index in [0.717, 1.165) is 25.0 Å². The molecule has 1 amide bonds. The molecule has 3 heterocycles. The van der Waals surface area contributed by atoms with Gasteiger partial charge in [-0.05, 0) is 62.2 Å². The lowest BCUT2D eigenvalue weighted by Crippen LogP contribution is -2.31. The average molecular weight is 541 g/mol. The van der Waals surface area contributed by atoms with E-state index in [-0.39, 0.29) is 30.2 Å². The van der Waals surface area contributed by atoms with Crippen molar-refractivity contribution in [1.82, 2.24) is 15.1 Å². The number of benzene rings is 3. The summed E-state index contributed by atoms with van der Waals surface area (Å²) < 4.78 is 23.8. The maximum absolute atomic E-state index is 13.7. The predicted octanol–water partition coefficient (Wildman–Crippen LogP) is 4.71. The fourth-order valence-electron chi connectivity index (χ4n) is 4.56. The van der Waals surface area contributed by atoms with E-state index in [9.17, 15) is 9.59 Å². The number of hydrogen-bond acceptors (Lipinski definition) is 8. The van der Waals surface area contributed by atoms with Gasteiger partial charge < -0.3 is 29.6 Å². The highest BCUT2D eigenvalue weighted by Gasteiger charge is 2.20. The first-order valence-electron chi connectivity index (χ1n) is 13.1. The van der Waals surface area contributed by atoms with Crippen molar-refractivity contribution in [1.29, 1.82) is 0 Å². The SMILES string of the molecule is Cc1ccc(-n2ncc(Oc3ccc4c(c3)OCO4)c(Nc3cccc(C(=O)NC[C@@H]4CCCO4)c3)c2=O)cc1. The van der Waals surface area contributed by atoms with Gasteiger partial charge in [0.25, 0.3) is 11.5 Å². The highest BCUT2D eigenvalue weighted by Crippen LogP contribution is 2.37. The largest absolute Gasteiger partial charge is 0.454 e. The van der Waals surface area contributed by atoms with E-state index in [0.29, 0.717) is 40.7 Å². The lowest BCUT2D eigenvalue weighted by atomic mass is 10.1. The first-order chi connectivity index (χ1) is 19.5. The summed E-state index contributed by atoms with van der Waals surface area (Å²) >= 11 is 0. The average Bonchev–Trinajstić information content (AvgIpc) is 3.67. The second-order valence-corrected chi connectivity index (χ2v) is 9.60. The van der Waals surface area contributed by atoms with Gasteiger partial charge in [0.05, 0.1) is 18.0 Å². The zero-order chi connectivity index (χ0) is 27.5. The molecule has 4 aromatic rings. The molecule has 0 bridgehead atoms. The van der Waals surface area contributed by atoms with Crippen LogP contribution in [0.5, 0.6) is 23.0 Å². The fourth-order valence-corrected chi connectivity index (χ4v) is 4.56. The number of ether oxygens (including phenoxy) is 4. The van der Waals surface area contributed by atoms with Crippen molar-refractivity contribution in [3.63, 3.8) is 0 Å². The minimum Gasteiger partial charge on any atom is -0.454 e. The minimum atomic E-state index is -0.421. The topological polar surface area (TPSA) is 113 Å². The van der Waals surface area contributed by atoms with E-state index in [4.69, 9.17) is 18.9 Å². The smallest absolute Gasteiger partial charge is 0.299 e. The van der Waals surface area contributed by atoms with Crippen molar-refractivity contribution in [3.8, 4) is 28.7 Å². The quantitative estimate of drug-likeness (QED) is 0.330. The van der Waals surface area contributed by atoms with Gasteiger partial charge in [0.1, 0.15) is 5.75 Å². The van der Waals surface area contributed by atoms with Crippen molar-refractivity contribution in [2.24, 2.45) is 0 Å². The molecule has 1 fully saturated rings. The number of fused-ring (bicyclic) bond motifs is 1. The lowest BCUT2D eigenvalue weighted by Gasteiger charge is -2.15. The van der Waals surface area contributed by atoms with Crippen LogP contribution in [-0.4, -0.2) is 41.7 Å². The summed E-state index contributed by atoms with van der Waals surface area (Å²) in [5, 5.41) is 10.5. The number of hydrogen-bond donors (Lipinski definition) is 2. The number of aryl methyl sites for hydroxylation is 1. The number of rotatable bonds is 8. The Morgan fingerprint density at radius 1 is 1.07 bits per heavy atom. The predicted molar refractivity (Wildman–Crippen MR) is 148 cm³/mol. The minimum absolute atomic E-state index is 0.0400. The summed E-state index contributed by atoms with van der Waals surface area (Å²) in [7, 11) is 0. The monoisotopic (exact) mass is 540 g/mol. The fraction of sp³-hybridized carbons (Fsp3) is 0.233. The van der Waals surface area contributed by atoms with Crippen LogP contribution in [0.4, 0.5) is 11.4 Å². The molecule has 0 spiro atoms. The Morgan fingerprint density at radius 2 is 1.93 bits per heavy atom. The summed E-state index contributed by atoms with van der Waals surface area (Å²) in [5.41, 5.74) is 2.40. The molecule has 1 atom stereocenters. The van der Waals surface area contributed by atoms with Crippen LogP contribution >= 0.6 is 0 Å². The van der Waals surface area contributed by atoms with E-state index in [2.05, 4.69) is 15.7 Å². The molecular weight excluding hydrogens is 512 g/mol. The molecular formula is C30H28N4O6. The van der Waals surface area contributed by atoms with Gasteiger partial charge >= 0.3 is 0 Å². The van der Waals surface area contributed by atoms with Crippen molar-refractivity contribution < 1.29 is 23.7 Å². The number of nitrogens with one attached hydrogen (secondary N) is 2. The second-order valence-electron chi connectivity index (χ2n) is 9.60. The molecule has 2 aliphatic heterocycles. The molecule has 1 saturated heterocycles. The molecule has 10 nitrogen and oxygen atoms in total. The molecule has 40 heavy (non-hydrogen) atoms. The Labute approximate surface area is 230 Å². The number of aromatic nitrogens is 2. The molecule has 6 rings (SSSR count). The Bertz CT molecular complexity index is 1600. The Kier molecular flexibility index (Phi) is 7.07. The van der Waals surface area contributed by atoms with Gasteiger partial charge in [-0.3, -0.25) is 9.59 Å². The van der Waals surface area contributed by atoms with Crippen LogP contribution in [0.2, 0.25) is 0 Å². The van der Waals surface area contributed by atoms with Gasteiger partial charge in [-0.25, -0.2) is 0 Å².